The van der Waals surface area contributed by atoms with E-state index >= 15 is 0 Å². The van der Waals surface area contributed by atoms with Crippen molar-refractivity contribution in [1.29, 1.82) is 0 Å². The van der Waals surface area contributed by atoms with Crippen LogP contribution in [-0.2, 0) is 11.4 Å². The molecule has 0 spiro atoms. The van der Waals surface area contributed by atoms with Gasteiger partial charge in [0.25, 0.3) is 0 Å². The van der Waals surface area contributed by atoms with E-state index in [0.717, 1.165) is 17.3 Å². The lowest BCUT2D eigenvalue weighted by Gasteiger charge is -2.09. The molecule has 0 fully saturated rings. The number of hydrogen-bond donors (Lipinski definition) is 2. The van der Waals surface area contributed by atoms with E-state index in [-0.39, 0.29) is 5.95 Å². The maximum Gasteiger partial charge on any atom is 0.328 e. The molecule has 0 bridgehead atoms. The van der Waals surface area contributed by atoms with Gasteiger partial charge in [0.05, 0.1) is 11.9 Å². The Morgan fingerprint density at radius 1 is 1.31 bits per heavy atom. The van der Waals surface area contributed by atoms with Gasteiger partial charge in [-0.1, -0.05) is 30.3 Å². The van der Waals surface area contributed by atoms with E-state index in [4.69, 9.17) is 15.6 Å². The van der Waals surface area contributed by atoms with Gasteiger partial charge < -0.3 is 15.6 Å². The number of rotatable bonds is 6. The number of nitrogens with zero attached hydrogens (tertiary/aromatic N) is 4. The van der Waals surface area contributed by atoms with Crippen LogP contribution in [0.3, 0.4) is 0 Å². The van der Waals surface area contributed by atoms with Crippen LogP contribution in [0.1, 0.15) is 16.8 Å². The summed E-state index contributed by atoms with van der Waals surface area (Å²) in [5.74, 6) is -0.204. The first-order valence-corrected chi connectivity index (χ1v) is 7.80. The molecule has 3 N–H and O–H groups in total. The molecule has 1 aromatic carbocycles. The molecule has 0 unspecified atom stereocenters. The SMILES string of the molecule is Cc1c(C=CC(=O)O)cnn1-c1cc(OCc2ccccc2)nc(N)n1. The maximum absolute atomic E-state index is 10.7. The number of aliphatic carboxylic acids is 1. The fourth-order valence-corrected chi connectivity index (χ4v) is 2.32. The molecule has 132 valence electrons. The van der Waals surface area contributed by atoms with Crippen molar-refractivity contribution in [2.75, 3.05) is 5.73 Å². The van der Waals surface area contributed by atoms with Crippen molar-refractivity contribution >= 4 is 18.0 Å². The number of carboxylic acids is 1. The monoisotopic (exact) mass is 351 g/mol. The Labute approximate surface area is 149 Å². The molecule has 0 aliphatic heterocycles. The van der Waals surface area contributed by atoms with Crippen LogP contribution < -0.4 is 10.5 Å². The van der Waals surface area contributed by atoms with Gasteiger partial charge in [-0.2, -0.15) is 15.1 Å². The highest BCUT2D eigenvalue weighted by atomic mass is 16.5. The van der Waals surface area contributed by atoms with Gasteiger partial charge in [0.15, 0.2) is 5.82 Å². The summed E-state index contributed by atoms with van der Waals surface area (Å²) in [4.78, 5) is 18.9. The molecular weight excluding hydrogens is 334 g/mol. The molecule has 0 atom stereocenters. The topological polar surface area (TPSA) is 116 Å². The van der Waals surface area contributed by atoms with E-state index in [2.05, 4.69) is 15.1 Å². The molecule has 0 radical (unpaired) electrons. The average Bonchev–Trinajstić information content (AvgIpc) is 2.99. The van der Waals surface area contributed by atoms with Crippen LogP contribution in [0.15, 0.2) is 48.7 Å². The number of carboxylic acid groups (broad SMARTS) is 1. The van der Waals surface area contributed by atoms with E-state index < -0.39 is 5.97 Å². The molecule has 8 nitrogen and oxygen atoms in total. The molecule has 26 heavy (non-hydrogen) atoms. The van der Waals surface area contributed by atoms with Gasteiger partial charge in [-0.25, -0.2) is 9.48 Å². The van der Waals surface area contributed by atoms with Gasteiger partial charge in [-0.3, -0.25) is 0 Å². The summed E-state index contributed by atoms with van der Waals surface area (Å²) in [6, 6.07) is 11.3. The Morgan fingerprint density at radius 3 is 2.81 bits per heavy atom. The predicted octanol–water partition coefficient (Wildman–Crippen LogP) is 2.23. The van der Waals surface area contributed by atoms with E-state index in [0.29, 0.717) is 23.9 Å². The van der Waals surface area contributed by atoms with Crippen molar-refractivity contribution in [2.45, 2.75) is 13.5 Å². The van der Waals surface area contributed by atoms with Crippen LogP contribution in [0.2, 0.25) is 0 Å². The normalized spacial score (nSPS) is 11.0. The molecule has 0 aliphatic rings. The zero-order valence-electron chi connectivity index (χ0n) is 14.0. The van der Waals surface area contributed by atoms with Gasteiger partial charge in [-0.15, -0.1) is 0 Å². The molecule has 0 amide bonds. The van der Waals surface area contributed by atoms with E-state index in [1.165, 1.54) is 6.08 Å². The Morgan fingerprint density at radius 2 is 2.08 bits per heavy atom. The average molecular weight is 351 g/mol. The molecule has 3 aromatic rings. The van der Waals surface area contributed by atoms with Crippen molar-refractivity contribution in [2.24, 2.45) is 0 Å². The minimum atomic E-state index is -1.03. The predicted molar refractivity (Wildman–Crippen MR) is 95.7 cm³/mol. The Kier molecular flexibility index (Phi) is 4.93. The lowest BCUT2D eigenvalue weighted by Crippen LogP contribution is -2.07. The van der Waals surface area contributed by atoms with Gasteiger partial charge in [0, 0.05) is 17.7 Å². The molecule has 2 aromatic heterocycles. The first-order valence-electron chi connectivity index (χ1n) is 7.80. The van der Waals surface area contributed by atoms with Gasteiger partial charge >= 0.3 is 5.97 Å². The van der Waals surface area contributed by atoms with E-state index in [1.54, 1.807) is 23.9 Å². The van der Waals surface area contributed by atoms with E-state index in [1.807, 2.05) is 30.3 Å². The summed E-state index contributed by atoms with van der Waals surface area (Å²) in [7, 11) is 0. The largest absolute Gasteiger partial charge is 0.478 e. The molecule has 8 heteroatoms. The summed E-state index contributed by atoms with van der Waals surface area (Å²) < 4.78 is 7.25. The van der Waals surface area contributed by atoms with Crippen LogP contribution in [-0.4, -0.2) is 30.8 Å². The highest BCUT2D eigenvalue weighted by Crippen LogP contribution is 2.19. The first-order chi connectivity index (χ1) is 12.5. The Balaban J connectivity index is 1.85. The van der Waals surface area contributed by atoms with Crippen LogP contribution in [0.25, 0.3) is 11.9 Å². The Bertz CT molecular complexity index is 951. The number of carbonyl (C=O) groups is 1. The quantitative estimate of drug-likeness (QED) is 0.654. The van der Waals surface area contributed by atoms with Crippen molar-refractivity contribution < 1.29 is 14.6 Å². The third kappa shape index (κ3) is 4.04. The van der Waals surface area contributed by atoms with Crippen LogP contribution in [0.4, 0.5) is 5.95 Å². The standard InChI is InChI=1S/C18H17N5O3/c1-12-14(7-8-17(24)25)10-20-23(12)15-9-16(22-18(19)21-15)26-11-13-5-3-2-4-6-13/h2-10H,11H2,1H3,(H,24,25)(H2,19,21,22). The van der Waals surface area contributed by atoms with Crippen molar-refractivity contribution in [3.8, 4) is 11.7 Å². The third-order valence-electron chi connectivity index (χ3n) is 3.61. The summed E-state index contributed by atoms with van der Waals surface area (Å²) in [6.45, 7) is 2.15. The van der Waals surface area contributed by atoms with Crippen molar-refractivity contribution in [3.63, 3.8) is 0 Å². The fourth-order valence-electron chi connectivity index (χ4n) is 2.32. The van der Waals surface area contributed by atoms with E-state index in [9.17, 15) is 4.79 Å². The third-order valence-corrected chi connectivity index (χ3v) is 3.61. The number of anilines is 1. The molecular formula is C18H17N5O3. The molecule has 0 saturated carbocycles. The fraction of sp³-hybridized carbons (Fsp3) is 0.111. The van der Waals surface area contributed by atoms with Crippen LogP contribution in [0, 0.1) is 6.92 Å². The second kappa shape index (κ2) is 7.47. The number of benzene rings is 1. The minimum Gasteiger partial charge on any atom is -0.478 e. The highest BCUT2D eigenvalue weighted by Gasteiger charge is 2.11. The second-order valence-electron chi connectivity index (χ2n) is 5.47. The smallest absolute Gasteiger partial charge is 0.328 e. The van der Waals surface area contributed by atoms with Crippen molar-refractivity contribution in [1.82, 2.24) is 19.7 Å². The number of hydrogen-bond acceptors (Lipinski definition) is 6. The molecule has 3 rings (SSSR count). The van der Waals surface area contributed by atoms with Gasteiger partial charge in [0.1, 0.15) is 6.61 Å². The summed E-state index contributed by atoms with van der Waals surface area (Å²) >= 11 is 0. The maximum atomic E-state index is 10.7. The molecule has 2 heterocycles. The van der Waals surface area contributed by atoms with Crippen LogP contribution in [0.5, 0.6) is 5.88 Å². The minimum absolute atomic E-state index is 0.0584. The van der Waals surface area contributed by atoms with Crippen LogP contribution >= 0.6 is 0 Å². The number of nitrogens with two attached hydrogens (primary N) is 1. The highest BCUT2D eigenvalue weighted by molar-refractivity contribution is 5.85. The Hall–Kier alpha value is -3.68. The zero-order chi connectivity index (χ0) is 18.5. The second-order valence-corrected chi connectivity index (χ2v) is 5.47. The first kappa shape index (κ1) is 17.2. The number of aromatic nitrogens is 4. The number of nitrogen functional groups attached to an aromatic ring is 1. The zero-order valence-corrected chi connectivity index (χ0v) is 14.0. The van der Waals surface area contributed by atoms with Gasteiger partial charge in [-0.05, 0) is 18.6 Å². The van der Waals surface area contributed by atoms with Gasteiger partial charge in [0.2, 0.25) is 11.8 Å². The summed E-state index contributed by atoms with van der Waals surface area (Å²) in [6.07, 6.45) is 4.08. The molecule has 0 saturated heterocycles. The molecule has 0 aliphatic carbocycles. The lowest BCUT2D eigenvalue weighted by atomic mass is 10.2. The number of ether oxygens (including phenoxy) is 1. The summed E-state index contributed by atoms with van der Waals surface area (Å²) in [5.41, 5.74) is 8.17. The summed E-state index contributed by atoms with van der Waals surface area (Å²) in [5, 5.41) is 13.0. The lowest BCUT2D eigenvalue weighted by molar-refractivity contribution is -0.131. The van der Waals surface area contributed by atoms with Crippen molar-refractivity contribution in [3.05, 3.63) is 65.5 Å².